The minimum absolute atomic E-state index is 0.342. The van der Waals surface area contributed by atoms with Gasteiger partial charge in [-0.2, -0.15) is 0 Å². The molecular formula is C48H34O27. The number of benzene rings is 8. The van der Waals surface area contributed by atoms with Crippen LogP contribution >= 0.6 is 0 Å². The molecule has 8 rings (SSSR count). The largest absolute Gasteiger partial charge is 0.508 e. The minimum Gasteiger partial charge on any atom is -0.508 e. The first-order valence-corrected chi connectivity index (χ1v) is 20.4. The molecule has 0 bridgehead atoms. The van der Waals surface area contributed by atoms with Gasteiger partial charge in [-0.05, 0) is 0 Å². The van der Waals surface area contributed by atoms with E-state index in [0.29, 0.717) is 30.3 Å². The Morgan fingerprint density at radius 3 is 0.667 bits per heavy atom. The highest BCUT2D eigenvalue weighted by molar-refractivity contribution is 5.71. The zero-order valence-electron chi connectivity index (χ0n) is 36.9. The van der Waals surface area contributed by atoms with Crippen LogP contribution < -0.4 is 33.2 Å². The fourth-order valence-corrected chi connectivity index (χ4v) is 6.66. The van der Waals surface area contributed by atoms with Crippen molar-refractivity contribution in [1.29, 1.82) is 0 Å². The van der Waals surface area contributed by atoms with Gasteiger partial charge in [0, 0.05) is 84.9 Å². The van der Waals surface area contributed by atoms with Gasteiger partial charge in [-0.1, -0.05) is 0 Å². The van der Waals surface area contributed by atoms with Crippen molar-refractivity contribution >= 4 is 0 Å². The molecule has 0 aliphatic carbocycles. The molecular weight excluding hydrogens is 1010 g/mol. The van der Waals surface area contributed by atoms with E-state index in [9.17, 15) is 102 Å². The minimum atomic E-state index is -1.27. The van der Waals surface area contributed by atoms with Gasteiger partial charge < -0.3 is 135 Å². The first-order valence-electron chi connectivity index (χ1n) is 20.4. The molecule has 0 unspecified atom stereocenters. The molecule has 0 saturated heterocycles. The third kappa shape index (κ3) is 9.79. The highest BCUT2D eigenvalue weighted by Crippen LogP contribution is 2.58. The Bertz CT molecular complexity index is 3500. The predicted molar refractivity (Wildman–Crippen MR) is 245 cm³/mol. The Hall–Kier alpha value is -11.6. The molecule has 0 saturated carbocycles. The summed E-state index contributed by atoms with van der Waals surface area (Å²) in [6.45, 7) is 0. The Labute approximate surface area is 415 Å². The highest BCUT2D eigenvalue weighted by Gasteiger charge is 2.29. The molecule has 75 heavy (non-hydrogen) atoms. The number of hydrogen-bond acceptors (Lipinski definition) is 27. The van der Waals surface area contributed by atoms with Gasteiger partial charge in [-0.15, -0.1) is 0 Å². The van der Waals surface area contributed by atoms with E-state index in [-0.39, 0.29) is 5.75 Å². The normalized spacial score (nSPS) is 10.9. The van der Waals surface area contributed by atoms with Crippen molar-refractivity contribution < 1.29 is 135 Å². The first-order chi connectivity index (χ1) is 35.4. The van der Waals surface area contributed by atoms with Crippen LogP contribution in [0.25, 0.3) is 0 Å². The molecule has 0 aliphatic heterocycles. The molecule has 0 heterocycles. The van der Waals surface area contributed by atoms with Crippen molar-refractivity contribution in [2.24, 2.45) is 0 Å². The van der Waals surface area contributed by atoms with Crippen molar-refractivity contribution in [2.45, 2.75) is 0 Å². The van der Waals surface area contributed by atoms with Crippen LogP contribution in [0.3, 0.4) is 0 Å². The summed E-state index contributed by atoms with van der Waals surface area (Å²) in [5.41, 5.74) is 0. The maximum atomic E-state index is 11.1. The van der Waals surface area contributed by atoms with Crippen LogP contribution in [0.2, 0.25) is 0 Å². The number of hydrogen-bond donors (Lipinski definition) is 20. The van der Waals surface area contributed by atoms with Gasteiger partial charge in [0.1, 0.15) is 40.2 Å². The molecule has 0 spiro atoms. The molecule has 0 fully saturated rings. The summed E-state index contributed by atoms with van der Waals surface area (Å²) in [4.78, 5) is 0. The second-order valence-electron chi connectivity index (χ2n) is 15.3. The lowest BCUT2D eigenvalue weighted by molar-refractivity contribution is 0.318. The van der Waals surface area contributed by atoms with Crippen LogP contribution in [0.4, 0.5) is 0 Å². The maximum Gasteiger partial charge on any atom is 0.215 e. The van der Waals surface area contributed by atoms with E-state index in [1.54, 1.807) is 0 Å². The molecule has 0 aliphatic rings. The molecule has 0 radical (unpaired) electrons. The summed E-state index contributed by atoms with van der Waals surface area (Å²) in [5, 5.41) is 209. The predicted octanol–water partition coefficient (Wildman–Crippen LogP) is 8.34. The van der Waals surface area contributed by atoms with Gasteiger partial charge >= 0.3 is 0 Å². The lowest BCUT2D eigenvalue weighted by Gasteiger charge is -2.19. The summed E-state index contributed by atoms with van der Waals surface area (Å²) in [7, 11) is 0. The second kappa shape index (κ2) is 18.9. The van der Waals surface area contributed by atoms with Crippen LogP contribution in [-0.2, 0) is 0 Å². The molecule has 0 amide bonds. The van der Waals surface area contributed by atoms with Crippen LogP contribution in [0.1, 0.15) is 0 Å². The van der Waals surface area contributed by atoms with Crippen molar-refractivity contribution in [3.05, 3.63) is 84.9 Å². The van der Waals surface area contributed by atoms with Gasteiger partial charge in [0.15, 0.2) is 80.5 Å². The number of phenolic OH excluding ortho intramolecular Hbond substituents is 20. The first kappa shape index (κ1) is 49.8. The molecule has 388 valence electrons. The number of aromatic hydroxyl groups is 20. The van der Waals surface area contributed by atoms with E-state index < -0.39 is 190 Å². The SMILES string of the molecule is Oc1cc(O)cc(Oc2c(Oc3c(O)cc(Oc4c(Oc5c(O)cc(Oc6c(Oc7c(O)cc(Oc8c(O)cc(O)cc8O)cc7O)cc(O)c(O)c6O)cc5O)cc(O)c(O)c4O)cc3O)cc(O)c(O)c2O)c1. The van der Waals surface area contributed by atoms with Crippen LogP contribution in [0.5, 0.6) is 195 Å². The topological polar surface area (TPSA) is 469 Å². The van der Waals surface area contributed by atoms with E-state index in [4.69, 9.17) is 33.2 Å². The van der Waals surface area contributed by atoms with Crippen molar-refractivity contribution in [1.82, 2.24) is 0 Å². The summed E-state index contributed by atoms with van der Waals surface area (Å²) in [6, 6.07) is 10.9. The number of ether oxygens (including phenoxy) is 7. The third-order valence-corrected chi connectivity index (χ3v) is 10.0. The molecule has 8 aromatic rings. The van der Waals surface area contributed by atoms with E-state index in [1.807, 2.05) is 0 Å². The summed E-state index contributed by atoms with van der Waals surface area (Å²) in [5.74, 6) is -29.3. The smallest absolute Gasteiger partial charge is 0.215 e. The monoisotopic (exact) mass is 1040 g/mol. The molecule has 20 N–H and O–H groups in total. The fraction of sp³-hybridized carbons (Fsp3) is 0. The van der Waals surface area contributed by atoms with Crippen molar-refractivity contribution in [2.75, 3.05) is 0 Å². The van der Waals surface area contributed by atoms with E-state index in [2.05, 4.69) is 0 Å². The van der Waals surface area contributed by atoms with Crippen LogP contribution in [-0.4, -0.2) is 102 Å². The van der Waals surface area contributed by atoms with E-state index in [0.717, 1.165) is 54.6 Å². The standard InChI is InChI=1S/C48H34O27/c49-15-1-16(50)3-18(2-15)70-46-33(12-22(52)36(63)39(46)66)73-44-29(59)8-20(9-30(44)60)72-48-35(14-24(54)38(65)41(48)68)75-45-31(61)10-21(11-32(45)62)71-47-34(13-23(53)37(64)40(47)67)74-43-27(57)6-19(7-28(43)58)69-42-25(55)4-17(51)5-26(42)56/h1-14,49-68H. The van der Waals surface area contributed by atoms with Gasteiger partial charge in [0.05, 0.1) is 0 Å². The Kier molecular flexibility index (Phi) is 12.6. The van der Waals surface area contributed by atoms with Gasteiger partial charge in [0.2, 0.25) is 74.7 Å². The maximum absolute atomic E-state index is 11.1. The van der Waals surface area contributed by atoms with Crippen molar-refractivity contribution in [3.8, 4) is 195 Å². The molecule has 27 heteroatoms. The average Bonchev–Trinajstić information content (AvgIpc) is 3.32. The number of rotatable bonds is 14. The average molecular weight is 1040 g/mol. The second-order valence-corrected chi connectivity index (χ2v) is 15.3. The summed E-state index contributed by atoms with van der Waals surface area (Å²) < 4.78 is 38.5. The molecule has 0 aromatic heterocycles. The molecule has 0 atom stereocenters. The summed E-state index contributed by atoms with van der Waals surface area (Å²) >= 11 is 0. The Morgan fingerprint density at radius 2 is 0.387 bits per heavy atom. The number of phenols is 20. The summed E-state index contributed by atoms with van der Waals surface area (Å²) in [6.07, 6.45) is 0. The van der Waals surface area contributed by atoms with Gasteiger partial charge in [-0.25, -0.2) is 0 Å². The quantitative estimate of drug-likeness (QED) is 0.0455. The lowest BCUT2D eigenvalue weighted by Crippen LogP contribution is -1.95. The zero-order valence-corrected chi connectivity index (χ0v) is 36.9. The zero-order chi connectivity index (χ0) is 54.5. The van der Waals surface area contributed by atoms with E-state index in [1.165, 1.54) is 0 Å². The van der Waals surface area contributed by atoms with Crippen molar-refractivity contribution in [3.63, 3.8) is 0 Å². The van der Waals surface area contributed by atoms with Gasteiger partial charge in [0.25, 0.3) is 0 Å². The van der Waals surface area contributed by atoms with Crippen LogP contribution in [0.15, 0.2) is 84.9 Å². The van der Waals surface area contributed by atoms with E-state index >= 15 is 0 Å². The lowest BCUT2D eigenvalue weighted by atomic mass is 10.2. The molecule has 27 nitrogen and oxygen atoms in total. The Morgan fingerprint density at radius 1 is 0.173 bits per heavy atom. The molecule has 8 aromatic carbocycles. The highest BCUT2D eigenvalue weighted by atomic mass is 16.6. The van der Waals surface area contributed by atoms with Gasteiger partial charge in [-0.3, -0.25) is 0 Å². The third-order valence-electron chi connectivity index (χ3n) is 10.0. The fourth-order valence-electron chi connectivity index (χ4n) is 6.66. The Balaban J connectivity index is 1.06. The van der Waals surface area contributed by atoms with Crippen LogP contribution in [0, 0.1) is 0 Å².